The number of carbonyl (C=O) groups is 1. The number of halogens is 1. The molecule has 2 aromatic carbocycles. The highest BCUT2D eigenvalue weighted by molar-refractivity contribution is 14.1. The molecule has 4 saturated heterocycles. The number of carbonyl (C=O) groups excluding carboxylic acids is 1. The van der Waals surface area contributed by atoms with Crippen molar-refractivity contribution in [2.75, 3.05) is 40.0 Å². The Morgan fingerprint density at radius 1 is 1.00 bits per heavy atom. The fourth-order valence-corrected chi connectivity index (χ4v) is 5.82. The van der Waals surface area contributed by atoms with Gasteiger partial charge in [-0.25, -0.2) is 24.3 Å². The summed E-state index contributed by atoms with van der Waals surface area (Å²) >= 11 is 2.14. The van der Waals surface area contributed by atoms with E-state index in [-0.39, 0.29) is 5.56 Å². The third-order valence-electron chi connectivity index (χ3n) is 6.24. The fraction of sp³-hybridized carbons (Fsp3) is 0.304. The summed E-state index contributed by atoms with van der Waals surface area (Å²) in [6.45, 7) is 7.16. The van der Waals surface area contributed by atoms with Gasteiger partial charge in [-0.3, -0.25) is 4.48 Å². The van der Waals surface area contributed by atoms with Gasteiger partial charge < -0.3 is 9.15 Å². The van der Waals surface area contributed by atoms with Gasteiger partial charge >= 0.3 is 11.6 Å². The SMILES string of the molecule is O=C(Oc1cccc(I)c1)c1cc2cc(C[N+]34CN5CN(CN(C5)C3)C4)ccc2oc1=O. The zero-order valence-corrected chi connectivity index (χ0v) is 19.5. The molecule has 4 fully saturated rings. The third kappa shape index (κ3) is 3.73. The lowest BCUT2D eigenvalue weighted by atomic mass is 10.1. The Labute approximate surface area is 198 Å². The van der Waals surface area contributed by atoms with Gasteiger partial charge in [0.2, 0.25) is 0 Å². The van der Waals surface area contributed by atoms with Crippen LogP contribution >= 0.6 is 22.6 Å². The molecule has 164 valence electrons. The van der Waals surface area contributed by atoms with Crippen LogP contribution in [0.3, 0.4) is 0 Å². The smallest absolute Gasteiger partial charge is 0.351 e. The van der Waals surface area contributed by atoms with E-state index in [2.05, 4.69) is 37.3 Å². The average Bonchev–Trinajstić information content (AvgIpc) is 2.72. The zero-order valence-electron chi connectivity index (χ0n) is 17.4. The van der Waals surface area contributed by atoms with E-state index in [1.165, 1.54) is 0 Å². The summed E-state index contributed by atoms with van der Waals surface area (Å²) < 4.78 is 12.8. The van der Waals surface area contributed by atoms with Crippen molar-refractivity contribution in [3.8, 4) is 5.75 Å². The Morgan fingerprint density at radius 3 is 2.41 bits per heavy atom. The second-order valence-electron chi connectivity index (χ2n) is 9.03. The molecule has 32 heavy (non-hydrogen) atoms. The molecule has 4 aliphatic heterocycles. The minimum absolute atomic E-state index is 0.0962. The largest absolute Gasteiger partial charge is 0.423 e. The highest BCUT2D eigenvalue weighted by Crippen LogP contribution is 2.31. The Balaban J connectivity index is 1.29. The average molecular weight is 545 g/mol. The van der Waals surface area contributed by atoms with Crippen LogP contribution in [-0.2, 0) is 6.54 Å². The van der Waals surface area contributed by atoms with Gasteiger partial charge in [-0.15, -0.1) is 0 Å². The first-order valence-corrected chi connectivity index (χ1v) is 11.6. The molecule has 5 heterocycles. The summed E-state index contributed by atoms with van der Waals surface area (Å²) in [5.41, 5.74) is 0.847. The second kappa shape index (κ2) is 7.63. The molecule has 0 unspecified atom stereocenters. The number of nitrogens with zero attached hydrogens (tertiary/aromatic N) is 4. The van der Waals surface area contributed by atoms with E-state index in [0.29, 0.717) is 11.3 Å². The molecule has 0 spiro atoms. The highest BCUT2D eigenvalue weighted by atomic mass is 127. The monoisotopic (exact) mass is 545 g/mol. The molecular formula is C23H22IN4O4+. The van der Waals surface area contributed by atoms with Crippen LogP contribution < -0.4 is 10.4 Å². The molecule has 4 bridgehead atoms. The molecule has 0 amide bonds. The molecule has 0 saturated carbocycles. The van der Waals surface area contributed by atoms with Crippen LogP contribution in [0.15, 0.2) is 57.7 Å². The summed E-state index contributed by atoms with van der Waals surface area (Å²) in [6.07, 6.45) is 0. The topological polar surface area (TPSA) is 66.2 Å². The van der Waals surface area contributed by atoms with Crippen LogP contribution in [0.2, 0.25) is 0 Å². The standard InChI is InChI=1S/C23H22IN4O4/c24-18-2-1-3-19(8-18)31-22(29)20-7-17-6-16(4-5-21(17)32-23(20)30)9-28-13-25-10-26(14-28)12-27(11-25)15-28/h1-8H,9-15H2/q+1. The van der Waals surface area contributed by atoms with Crippen molar-refractivity contribution in [1.29, 1.82) is 0 Å². The van der Waals surface area contributed by atoms with Crippen molar-refractivity contribution in [2.45, 2.75) is 6.54 Å². The lowest BCUT2D eigenvalue weighted by Gasteiger charge is -2.60. The molecule has 7 rings (SSSR count). The highest BCUT2D eigenvalue weighted by Gasteiger charge is 2.48. The maximum atomic E-state index is 12.7. The van der Waals surface area contributed by atoms with E-state index in [4.69, 9.17) is 9.15 Å². The Bertz CT molecular complexity index is 1260. The molecule has 8 nitrogen and oxygen atoms in total. The van der Waals surface area contributed by atoms with Crippen molar-refractivity contribution in [1.82, 2.24) is 14.7 Å². The van der Waals surface area contributed by atoms with E-state index in [0.717, 1.165) is 65.6 Å². The van der Waals surface area contributed by atoms with Gasteiger partial charge in [-0.05, 0) is 65.1 Å². The molecule has 4 aliphatic rings. The van der Waals surface area contributed by atoms with Crippen molar-refractivity contribution in [2.24, 2.45) is 0 Å². The van der Waals surface area contributed by atoms with Crippen LogP contribution in [0.4, 0.5) is 0 Å². The Morgan fingerprint density at radius 2 is 1.72 bits per heavy atom. The normalized spacial score (nSPS) is 28.2. The van der Waals surface area contributed by atoms with Crippen LogP contribution in [0.5, 0.6) is 5.75 Å². The lowest BCUT2D eigenvalue weighted by Crippen LogP contribution is -2.78. The number of esters is 1. The second-order valence-corrected chi connectivity index (χ2v) is 10.3. The molecule has 1 aromatic heterocycles. The van der Waals surface area contributed by atoms with Crippen molar-refractivity contribution in [3.05, 3.63) is 73.6 Å². The zero-order chi connectivity index (χ0) is 21.9. The summed E-state index contributed by atoms with van der Waals surface area (Å²) in [4.78, 5) is 32.5. The first kappa shape index (κ1) is 20.3. The van der Waals surface area contributed by atoms with E-state index >= 15 is 0 Å². The number of ether oxygens (including phenoxy) is 1. The maximum Gasteiger partial charge on any atom is 0.351 e. The molecular weight excluding hydrogens is 523 g/mol. The molecule has 0 N–H and O–H groups in total. The van der Waals surface area contributed by atoms with E-state index in [9.17, 15) is 9.59 Å². The van der Waals surface area contributed by atoms with Crippen LogP contribution in [0.25, 0.3) is 11.0 Å². The van der Waals surface area contributed by atoms with E-state index in [1.807, 2.05) is 24.3 Å². The molecule has 9 heteroatoms. The number of hydrogen-bond acceptors (Lipinski definition) is 7. The van der Waals surface area contributed by atoms with Crippen LogP contribution in [0, 0.1) is 3.57 Å². The maximum absolute atomic E-state index is 12.7. The minimum Gasteiger partial charge on any atom is -0.423 e. The van der Waals surface area contributed by atoms with Crippen LogP contribution in [0.1, 0.15) is 15.9 Å². The van der Waals surface area contributed by atoms with E-state index in [1.54, 1.807) is 24.3 Å². The van der Waals surface area contributed by atoms with Gasteiger partial charge in [0.05, 0.1) is 20.0 Å². The molecule has 0 aliphatic carbocycles. The quantitative estimate of drug-likeness (QED) is 0.164. The minimum atomic E-state index is -0.710. The Kier molecular flexibility index (Phi) is 4.84. The van der Waals surface area contributed by atoms with Gasteiger partial charge in [0, 0.05) is 14.5 Å². The summed E-state index contributed by atoms with van der Waals surface area (Å²) in [6, 6.07) is 14.6. The summed E-state index contributed by atoms with van der Waals surface area (Å²) in [5.74, 6) is -0.312. The lowest BCUT2D eigenvalue weighted by molar-refractivity contribution is -0.991. The van der Waals surface area contributed by atoms with E-state index < -0.39 is 11.6 Å². The fourth-order valence-electron chi connectivity index (χ4n) is 5.30. The first-order valence-electron chi connectivity index (χ1n) is 10.5. The van der Waals surface area contributed by atoms with Crippen molar-refractivity contribution >= 4 is 39.5 Å². The first-order chi connectivity index (χ1) is 15.4. The summed E-state index contributed by atoms with van der Waals surface area (Å²) in [7, 11) is 0. The van der Waals surface area contributed by atoms with Gasteiger partial charge in [0.1, 0.15) is 43.4 Å². The molecule has 0 radical (unpaired) electrons. The number of hydrogen-bond donors (Lipinski definition) is 0. The number of fused-ring (bicyclic) bond motifs is 1. The number of benzene rings is 2. The van der Waals surface area contributed by atoms with Gasteiger partial charge in [-0.2, -0.15) is 0 Å². The van der Waals surface area contributed by atoms with Crippen molar-refractivity contribution in [3.63, 3.8) is 0 Å². The van der Waals surface area contributed by atoms with Crippen molar-refractivity contribution < 1.29 is 18.4 Å². The Hall–Kier alpha value is -2.31. The summed E-state index contributed by atoms with van der Waals surface area (Å²) in [5, 5.41) is 0.728. The van der Waals surface area contributed by atoms with Gasteiger partial charge in [0.15, 0.2) is 0 Å². The molecule has 0 atom stereocenters. The predicted molar refractivity (Wildman–Crippen MR) is 125 cm³/mol. The molecule has 3 aromatic rings. The predicted octanol–water partition coefficient (Wildman–Crippen LogP) is 2.63. The number of quaternary nitrogens is 1. The van der Waals surface area contributed by atoms with Gasteiger partial charge in [0.25, 0.3) is 0 Å². The van der Waals surface area contributed by atoms with Gasteiger partial charge in [-0.1, -0.05) is 6.07 Å². The number of rotatable bonds is 4. The van der Waals surface area contributed by atoms with Crippen LogP contribution in [-0.4, -0.2) is 65.2 Å². The third-order valence-corrected chi connectivity index (χ3v) is 6.91.